The van der Waals surface area contributed by atoms with Crippen molar-refractivity contribution >= 4 is 5.91 Å². The molecule has 1 aromatic carbocycles. The van der Waals surface area contributed by atoms with E-state index in [0.717, 1.165) is 10.2 Å². The molecule has 4 rings (SSSR count). The Labute approximate surface area is 149 Å². The first-order valence-corrected chi connectivity index (χ1v) is 8.44. The van der Waals surface area contributed by atoms with Crippen molar-refractivity contribution in [2.24, 2.45) is 7.05 Å². The maximum atomic E-state index is 12.6. The van der Waals surface area contributed by atoms with Crippen molar-refractivity contribution in [3.8, 4) is 11.5 Å². The number of carbonyl (C=O) groups excluding carboxylic acids is 1. The number of amides is 1. The van der Waals surface area contributed by atoms with Crippen LogP contribution in [0, 0.1) is 0 Å². The second-order valence-corrected chi connectivity index (χ2v) is 6.51. The summed E-state index contributed by atoms with van der Waals surface area (Å²) in [6, 6.07) is 8.39. The van der Waals surface area contributed by atoms with Crippen LogP contribution in [-0.4, -0.2) is 51.7 Å². The van der Waals surface area contributed by atoms with Crippen molar-refractivity contribution in [3.05, 3.63) is 51.9 Å². The maximum absolute atomic E-state index is 12.6. The first-order valence-electron chi connectivity index (χ1n) is 8.44. The van der Waals surface area contributed by atoms with E-state index in [2.05, 4.69) is 5.10 Å². The highest BCUT2D eigenvalue weighted by Crippen LogP contribution is 2.37. The summed E-state index contributed by atoms with van der Waals surface area (Å²) in [4.78, 5) is 25.6. The third kappa shape index (κ3) is 2.92. The summed E-state index contributed by atoms with van der Waals surface area (Å²) in [5, 5.41) is 14.6. The summed E-state index contributed by atoms with van der Waals surface area (Å²) >= 11 is 0. The lowest BCUT2D eigenvalue weighted by atomic mass is 9.87. The zero-order valence-corrected chi connectivity index (χ0v) is 14.3. The summed E-state index contributed by atoms with van der Waals surface area (Å²) in [6.07, 6.45) is -0.0706. The first kappa shape index (κ1) is 16.6. The molecule has 136 valence electrons. The zero-order chi connectivity index (χ0) is 18.3. The Morgan fingerprint density at radius 1 is 1.23 bits per heavy atom. The van der Waals surface area contributed by atoms with Crippen molar-refractivity contribution in [3.63, 3.8) is 0 Å². The highest BCUT2D eigenvalue weighted by atomic mass is 16.7. The summed E-state index contributed by atoms with van der Waals surface area (Å²) in [5.41, 5.74) is 0.887. The van der Waals surface area contributed by atoms with Crippen LogP contribution in [0.4, 0.5) is 0 Å². The lowest BCUT2D eigenvalue weighted by Crippen LogP contribution is -2.46. The number of nitrogens with zero attached hydrogens (tertiary/aromatic N) is 3. The van der Waals surface area contributed by atoms with E-state index < -0.39 is 6.10 Å². The first-order chi connectivity index (χ1) is 12.5. The number of β-amino-alcohol motifs (C(OH)–C–C–N with tert-alkyl or cyclic N) is 1. The number of ether oxygens (including phenoxy) is 2. The van der Waals surface area contributed by atoms with Crippen molar-refractivity contribution in [2.75, 3.05) is 19.9 Å². The second-order valence-electron chi connectivity index (χ2n) is 6.51. The van der Waals surface area contributed by atoms with Crippen LogP contribution in [0.1, 0.15) is 28.4 Å². The number of rotatable bonds is 2. The molecule has 1 fully saturated rings. The van der Waals surface area contributed by atoms with E-state index >= 15 is 0 Å². The van der Waals surface area contributed by atoms with Gasteiger partial charge in [-0.2, -0.15) is 5.10 Å². The topological polar surface area (TPSA) is 93.9 Å². The Balaban J connectivity index is 1.48. The van der Waals surface area contributed by atoms with Gasteiger partial charge in [-0.05, 0) is 30.2 Å². The Kier molecular flexibility index (Phi) is 4.12. The van der Waals surface area contributed by atoms with Crippen LogP contribution in [0.3, 0.4) is 0 Å². The van der Waals surface area contributed by atoms with Gasteiger partial charge in [-0.3, -0.25) is 9.59 Å². The van der Waals surface area contributed by atoms with Gasteiger partial charge >= 0.3 is 0 Å². The van der Waals surface area contributed by atoms with Gasteiger partial charge in [0.25, 0.3) is 11.5 Å². The standard InChI is InChI=1S/C18H19N3O5/c1-20-17(23)5-3-13(19-20)18(24)21-7-6-12(14(22)9-21)11-2-4-15-16(8-11)26-10-25-15/h2-5,8,12,14,22H,6-7,9-10H2,1H3/t12-,14+/m0/s1. The summed E-state index contributed by atoms with van der Waals surface area (Å²) in [5.74, 6) is 1.02. The van der Waals surface area contributed by atoms with Gasteiger partial charge in [-0.15, -0.1) is 0 Å². The van der Waals surface area contributed by atoms with Crippen molar-refractivity contribution in [2.45, 2.75) is 18.4 Å². The summed E-state index contributed by atoms with van der Waals surface area (Å²) < 4.78 is 11.8. The van der Waals surface area contributed by atoms with Crippen LogP contribution >= 0.6 is 0 Å². The molecule has 0 bridgehead atoms. The van der Waals surface area contributed by atoms with E-state index in [1.54, 1.807) is 4.90 Å². The van der Waals surface area contributed by atoms with E-state index in [9.17, 15) is 14.7 Å². The molecule has 0 saturated carbocycles. The third-order valence-corrected chi connectivity index (χ3v) is 4.87. The van der Waals surface area contributed by atoms with Crippen LogP contribution in [0.25, 0.3) is 0 Å². The molecule has 3 heterocycles. The number of hydrogen-bond acceptors (Lipinski definition) is 6. The van der Waals surface area contributed by atoms with E-state index in [4.69, 9.17) is 9.47 Å². The number of aromatic nitrogens is 2. The minimum atomic E-state index is -0.694. The molecular weight excluding hydrogens is 338 g/mol. The normalized spacial score (nSPS) is 21.7. The number of aliphatic hydroxyl groups is 1. The van der Waals surface area contributed by atoms with Gasteiger partial charge in [0, 0.05) is 32.1 Å². The molecule has 1 aromatic heterocycles. The molecule has 0 aliphatic carbocycles. The Morgan fingerprint density at radius 2 is 2.04 bits per heavy atom. The molecule has 26 heavy (non-hydrogen) atoms. The molecule has 0 radical (unpaired) electrons. The minimum Gasteiger partial charge on any atom is -0.454 e. The number of benzene rings is 1. The average Bonchev–Trinajstić information content (AvgIpc) is 3.11. The number of hydrogen-bond donors (Lipinski definition) is 1. The van der Waals surface area contributed by atoms with Crippen LogP contribution in [0.5, 0.6) is 11.5 Å². The Morgan fingerprint density at radius 3 is 2.81 bits per heavy atom. The maximum Gasteiger partial charge on any atom is 0.274 e. The quantitative estimate of drug-likeness (QED) is 0.841. The lowest BCUT2D eigenvalue weighted by Gasteiger charge is -2.36. The molecule has 8 nitrogen and oxygen atoms in total. The van der Waals surface area contributed by atoms with Gasteiger partial charge in [0.05, 0.1) is 6.10 Å². The molecule has 0 spiro atoms. The van der Waals surface area contributed by atoms with E-state index in [1.165, 1.54) is 19.2 Å². The number of aliphatic hydroxyl groups excluding tert-OH is 1. The minimum absolute atomic E-state index is 0.0818. The lowest BCUT2D eigenvalue weighted by molar-refractivity contribution is 0.0375. The van der Waals surface area contributed by atoms with Gasteiger partial charge in [0.1, 0.15) is 5.69 Å². The third-order valence-electron chi connectivity index (χ3n) is 4.87. The molecule has 2 aliphatic heterocycles. The van der Waals surface area contributed by atoms with E-state index in [1.807, 2.05) is 18.2 Å². The number of likely N-dealkylation sites (tertiary alicyclic amines) is 1. The summed E-state index contributed by atoms with van der Waals surface area (Å²) in [6.45, 7) is 0.919. The molecule has 2 aromatic rings. The van der Waals surface area contributed by atoms with Crippen molar-refractivity contribution in [1.29, 1.82) is 0 Å². The molecule has 1 amide bonds. The fraction of sp³-hybridized carbons (Fsp3) is 0.389. The number of aryl methyl sites for hydroxylation is 1. The second kappa shape index (κ2) is 6.45. The molecule has 1 saturated heterocycles. The number of carbonyl (C=O) groups is 1. The highest BCUT2D eigenvalue weighted by Gasteiger charge is 2.33. The van der Waals surface area contributed by atoms with Crippen LogP contribution in [-0.2, 0) is 7.05 Å². The molecule has 8 heteroatoms. The number of piperidine rings is 1. The van der Waals surface area contributed by atoms with Gasteiger partial charge in [-0.25, -0.2) is 4.68 Å². The fourth-order valence-electron chi connectivity index (χ4n) is 3.43. The smallest absolute Gasteiger partial charge is 0.274 e. The van der Waals surface area contributed by atoms with E-state index in [-0.39, 0.29) is 36.4 Å². The number of fused-ring (bicyclic) bond motifs is 1. The van der Waals surface area contributed by atoms with Gasteiger partial charge in [-0.1, -0.05) is 6.07 Å². The molecule has 2 atom stereocenters. The average molecular weight is 357 g/mol. The van der Waals surface area contributed by atoms with Crippen molar-refractivity contribution < 1.29 is 19.4 Å². The molecule has 2 aliphatic rings. The predicted octanol–water partition coefficient (Wildman–Crippen LogP) is 0.500. The molecular formula is C18H19N3O5. The summed E-state index contributed by atoms with van der Waals surface area (Å²) in [7, 11) is 1.50. The van der Waals surface area contributed by atoms with Crippen LogP contribution < -0.4 is 15.0 Å². The Hall–Kier alpha value is -2.87. The monoisotopic (exact) mass is 357 g/mol. The zero-order valence-electron chi connectivity index (χ0n) is 14.3. The van der Waals surface area contributed by atoms with Gasteiger partial charge in [0.2, 0.25) is 6.79 Å². The van der Waals surface area contributed by atoms with E-state index in [0.29, 0.717) is 24.5 Å². The van der Waals surface area contributed by atoms with Gasteiger partial charge < -0.3 is 19.5 Å². The predicted molar refractivity (Wildman–Crippen MR) is 91.3 cm³/mol. The van der Waals surface area contributed by atoms with Crippen LogP contribution in [0.2, 0.25) is 0 Å². The molecule has 0 unspecified atom stereocenters. The highest BCUT2D eigenvalue weighted by molar-refractivity contribution is 5.92. The fourth-order valence-corrected chi connectivity index (χ4v) is 3.43. The van der Waals surface area contributed by atoms with Gasteiger partial charge in [0.15, 0.2) is 11.5 Å². The molecule has 1 N–H and O–H groups in total. The Bertz CT molecular complexity index is 910. The SMILES string of the molecule is Cn1nc(C(=O)N2CC[C@@H](c3ccc4c(c3)OCO4)[C@H](O)C2)ccc1=O. The van der Waals surface area contributed by atoms with Crippen LogP contribution in [0.15, 0.2) is 35.1 Å². The largest absolute Gasteiger partial charge is 0.454 e. The van der Waals surface area contributed by atoms with Crippen molar-refractivity contribution in [1.82, 2.24) is 14.7 Å².